The molecule has 0 radical (unpaired) electrons. The van der Waals surface area contributed by atoms with Crippen LogP contribution in [0.25, 0.3) is 0 Å². The Balaban J connectivity index is 1.57. The van der Waals surface area contributed by atoms with E-state index in [2.05, 4.69) is 15.5 Å². The first-order valence-corrected chi connectivity index (χ1v) is 8.26. The summed E-state index contributed by atoms with van der Waals surface area (Å²) in [5.74, 6) is -4.07. The zero-order chi connectivity index (χ0) is 18.5. The number of nitrogen functional groups attached to an aromatic ring is 1. The van der Waals surface area contributed by atoms with Crippen molar-refractivity contribution in [3.8, 4) is 5.75 Å². The van der Waals surface area contributed by atoms with E-state index in [4.69, 9.17) is 10.5 Å². The summed E-state index contributed by atoms with van der Waals surface area (Å²) < 4.78 is 44.8. The van der Waals surface area contributed by atoms with Crippen molar-refractivity contribution in [1.29, 1.82) is 0 Å². The van der Waals surface area contributed by atoms with E-state index in [1.165, 1.54) is 11.3 Å². The van der Waals surface area contributed by atoms with Gasteiger partial charge >= 0.3 is 0 Å². The highest BCUT2D eigenvalue weighted by Gasteiger charge is 2.14. The third-order valence-corrected chi connectivity index (χ3v) is 4.03. The Labute approximate surface area is 151 Å². The SMILES string of the molecule is Nc1csc(NN=Cc2ccc(COc3ccc(F)c(F)c3F)cc2)n1. The summed E-state index contributed by atoms with van der Waals surface area (Å²) in [6.07, 6.45) is 1.59. The van der Waals surface area contributed by atoms with Gasteiger partial charge in [0, 0.05) is 5.38 Å². The fourth-order valence-electron chi connectivity index (χ4n) is 1.98. The molecule has 0 saturated carbocycles. The van der Waals surface area contributed by atoms with Gasteiger partial charge < -0.3 is 10.5 Å². The van der Waals surface area contributed by atoms with E-state index in [9.17, 15) is 13.2 Å². The number of halogens is 3. The number of nitrogens with two attached hydrogens (primary N) is 1. The minimum absolute atomic E-state index is 0.00998. The molecule has 0 aliphatic rings. The second-order valence-electron chi connectivity index (χ2n) is 5.15. The van der Waals surface area contributed by atoms with Crippen LogP contribution in [0.4, 0.5) is 24.1 Å². The summed E-state index contributed by atoms with van der Waals surface area (Å²) in [5, 5.41) is 6.32. The molecule has 1 aromatic heterocycles. The van der Waals surface area contributed by atoms with Crippen molar-refractivity contribution in [3.05, 3.63) is 70.4 Å². The number of nitrogens with one attached hydrogen (secondary N) is 1. The molecule has 1 heterocycles. The Hall–Kier alpha value is -3.07. The van der Waals surface area contributed by atoms with Crippen LogP contribution in [0.15, 0.2) is 46.9 Å². The molecule has 2 aromatic carbocycles. The summed E-state index contributed by atoms with van der Waals surface area (Å²) in [6.45, 7) is 0.00998. The van der Waals surface area contributed by atoms with Gasteiger partial charge in [-0.2, -0.15) is 9.49 Å². The maximum absolute atomic E-state index is 13.5. The number of aromatic nitrogens is 1. The molecule has 0 unspecified atom stereocenters. The van der Waals surface area contributed by atoms with Gasteiger partial charge in [0.1, 0.15) is 12.4 Å². The van der Waals surface area contributed by atoms with E-state index in [1.54, 1.807) is 35.9 Å². The number of hydrogen-bond donors (Lipinski definition) is 2. The largest absolute Gasteiger partial charge is 0.486 e. The van der Waals surface area contributed by atoms with Gasteiger partial charge in [0.25, 0.3) is 0 Å². The third-order valence-electron chi connectivity index (χ3n) is 3.27. The van der Waals surface area contributed by atoms with Gasteiger partial charge in [0.15, 0.2) is 17.4 Å². The molecule has 0 fully saturated rings. The number of anilines is 2. The molecule has 0 saturated heterocycles. The highest BCUT2D eigenvalue weighted by Crippen LogP contribution is 2.22. The quantitative estimate of drug-likeness (QED) is 0.384. The summed E-state index contributed by atoms with van der Waals surface area (Å²) in [7, 11) is 0. The van der Waals surface area contributed by atoms with Crippen LogP contribution in [0.3, 0.4) is 0 Å². The van der Waals surface area contributed by atoms with Crippen molar-refractivity contribution in [2.24, 2.45) is 5.10 Å². The van der Waals surface area contributed by atoms with Crippen LogP contribution >= 0.6 is 11.3 Å². The Morgan fingerprint density at radius 3 is 2.58 bits per heavy atom. The molecule has 9 heteroatoms. The average molecular weight is 378 g/mol. The molecule has 3 N–H and O–H groups in total. The maximum Gasteiger partial charge on any atom is 0.205 e. The van der Waals surface area contributed by atoms with Crippen molar-refractivity contribution in [2.75, 3.05) is 11.2 Å². The lowest BCUT2D eigenvalue weighted by Crippen LogP contribution is -2.00. The van der Waals surface area contributed by atoms with Crippen molar-refractivity contribution >= 4 is 28.5 Å². The predicted molar refractivity (Wildman–Crippen MR) is 94.8 cm³/mol. The van der Waals surface area contributed by atoms with Crippen LogP contribution in [0.1, 0.15) is 11.1 Å². The molecule has 0 amide bonds. The fraction of sp³-hybridized carbons (Fsp3) is 0.0588. The first kappa shape index (κ1) is 17.7. The lowest BCUT2D eigenvalue weighted by Gasteiger charge is -2.08. The number of rotatable bonds is 6. The predicted octanol–water partition coefficient (Wildman–Crippen LogP) is 4.17. The normalized spacial score (nSPS) is 11.0. The van der Waals surface area contributed by atoms with Crippen molar-refractivity contribution in [3.63, 3.8) is 0 Å². The lowest BCUT2D eigenvalue weighted by molar-refractivity contribution is 0.281. The van der Waals surface area contributed by atoms with Crippen LogP contribution in [0, 0.1) is 17.5 Å². The highest BCUT2D eigenvalue weighted by molar-refractivity contribution is 7.14. The minimum atomic E-state index is -1.55. The standard InChI is InChI=1S/C17H13F3N4OS/c18-12-5-6-13(16(20)15(12)19)25-8-11-3-1-10(2-4-11)7-22-24-17-23-14(21)9-26-17/h1-7,9H,8,21H2,(H,23,24). The molecule has 0 bridgehead atoms. The molecule has 26 heavy (non-hydrogen) atoms. The number of ether oxygens (including phenoxy) is 1. The number of hydrogen-bond acceptors (Lipinski definition) is 6. The molecule has 0 spiro atoms. The van der Waals surface area contributed by atoms with Crippen LogP contribution in [0.5, 0.6) is 5.75 Å². The molecule has 134 valence electrons. The summed E-state index contributed by atoms with van der Waals surface area (Å²) in [4.78, 5) is 4.00. The monoisotopic (exact) mass is 378 g/mol. The Kier molecular flexibility index (Phi) is 5.37. The topological polar surface area (TPSA) is 72.5 Å². The smallest absolute Gasteiger partial charge is 0.205 e. The molecule has 3 aromatic rings. The molecule has 0 atom stereocenters. The van der Waals surface area contributed by atoms with E-state index in [0.717, 1.165) is 23.3 Å². The van der Waals surface area contributed by atoms with Crippen LogP contribution in [-0.2, 0) is 6.61 Å². The average Bonchev–Trinajstić information content (AvgIpc) is 3.05. The highest BCUT2D eigenvalue weighted by atomic mass is 32.1. The van der Waals surface area contributed by atoms with Gasteiger partial charge in [-0.1, -0.05) is 24.3 Å². The van der Waals surface area contributed by atoms with E-state index < -0.39 is 17.5 Å². The molecular weight excluding hydrogens is 365 g/mol. The third kappa shape index (κ3) is 4.31. The van der Waals surface area contributed by atoms with E-state index in [0.29, 0.717) is 10.9 Å². The Morgan fingerprint density at radius 2 is 1.88 bits per heavy atom. The zero-order valence-corrected chi connectivity index (χ0v) is 14.1. The summed E-state index contributed by atoms with van der Waals surface area (Å²) >= 11 is 1.34. The molecule has 0 aliphatic heterocycles. The minimum Gasteiger partial charge on any atom is -0.486 e. The van der Waals surface area contributed by atoms with Crippen molar-refractivity contribution in [1.82, 2.24) is 4.98 Å². The van der Waals surface area contributed by atoms with Crippen LogP contribution < -0.4 is 15.9 Å². The van der Waals surface area contributed by atoms with E-state index in [1.807, 2.05) is 0 Å². The molecule has 5 nitrogen and oxygen atoms in total. The van der Waals surface area contributed by atoms with Crippen LogP contribution in [0.2, 0.25) is 0 Å². The van der Waals surface area contributed by atoms with Gasteiger partial charge in [0.05, 0.1) is 6.21 Å². The number of nitrogens with zero attached hydrogens (tertiary/aromatic N) is 2. The van der Waals surface area contributed by atoms with E-state index in [-0.39, 0.29) is 12.4 Å². The molecule has 3 rings (SSSR count). The Bertz CT molecular complexity index is 928. The number of thiazole rings is 1. The Morgan fingerprint density at radius 1 is 1.12 bits per heavy atom. The second kappa shape index (κ2) is 7.87. The molecular formula is C17H13F3N4OS. The van der Waals surface area contributed by atoms with Gasteiger partial charge in [-0.25, -0.2) is 13.8 Å². The van der Waals surface area contributed by atoms with Gasteiger partial charge in [-0.15, -0.1) is 11.3 Å². The van der Waals surface area contributed by atoms with Gasteiger partial charge in [-0.05, 0) is 23.3 Å². The second-order valence-corrected chi connectivity index (χ2v) is 6.01. The lowest BCUT2D eigenvalue weighted by atomic mass is 10.1. The van der Waals surface area contributed by atoms with E-state index >= 15 is 0 Å². The fourth-order valence-corrected chi connectivity index (χ4v) is 2.53. The number of hydrazone groups is 1. The maximum atomic E-state index is 13.5. The first-order valence-electron chi connectivity index (χ1n) is 7.38. The summed E-state index contributed by atoms with van der Waals surface area (Å²) in [6, 6.07) is 8.92. The van der Waals surface area contributed by atoms with Crippen molar-refractivity contribution in [2.45, 2.75) is 6.61 Å². The summed E-state index contributed by atoms with van der Waals surface area (Å²) in [5.41, 5.74) is 9.80. The number of benzene rings is 2. The van der Waals surface area contributed by atoms with Crippen molar-refractivity contribution < 1.29 is 17.9 Å². The first-order chi connectivity index (χ1) is 12.5. The van der Waals surface area contributed by atoms with Gasteiger partial charge in [0.2, 0.25) is 10.9 Å². The zero-order valence-electron chi connectivity index (χ0n) is 13.2. The van der Waals surface area contributed by atoms with Gasteiger partial charge in [-0.3, -0.25) is 5.43 Å². The molecule has 0 aliphatic carbocycles. The van der Waals surface area contributed by atoms with Crippen LogP contribution in [-0.4, -0.2) is 11.2 Å².